The van der Waals surface area contributed by atoms with Gasteiger partial charge in [0.15, 0.2) is 0 Å². The fraction of sp³-hybridized carbons (Fsp3) is 0.879. The maximum atomic E-state index is 4.31. The molecule has 0 aliphatic rings. The molecule has 33 heavy (non-hydrogen) atoms. The first-order valence-corrected chi connectivity index (χ1v) is 15.5. The van der Waals surface area contributed by atoms with Crippen molar-refractivity contribution >= 4 is 0 Å². The van der Waals surface area contributed by atoms with Crippen LogP contribution in [-0.4, -0.2) is 0 Å². The monoisotopic (exact) mass is 461 g/mol. The Labute approximate surface area is 211 Å². The fourth-order valence-corrected chi connectivity index (χ4v) is 4.90. The molecule has 0 N–H and O–H groups in total. The Kier molecular flexibility index (Phi) is 27.3. The standard InChI is InChI=1S/C33H64/c1-5-7-9-11-20-24-28-32(3)30-26-22-18-16-14-13-15-17-19-23-27-31-33(4)29-25-21-12-10-8-6-2/h3-31H2,1-2H3. The molecule has 0 radical (unpaired) electrons. The first-order valence-electron chi connectivity index (χ1n) is 15.5. The van der Waals surface area contributed by atoms with Crippen LogP contribution >= 0.6 is 0 Å². The Balaban J connectivity index is 3.20. The van der Waals surface area contributed by atoms with Crippen LogP contribution in [0.5, 0.6) is 0 Å². The summed E-state index contributed by atoms with van der Waals surface area (Å²) in [5.74, 6) is 0. The van der Waals surface area contributed by atoms with E-state index >= 15 is 0 Å². The molecule has 0 saturated heterocycles. The van der Waals surface area contributed by atoms with Crippen LogP contribution in [0.25, 0.3) is 0 Å². The minimum absolute atomic E-state index is 1.28. The van der Waals surface area contributed by atoms with Crippen molar-refractivity contribution in [1.29, 1.82) is 0 Å². The summed E-state index contributed by atoms with van der Waals surface area (Å²) in [7, 11) is 0. The SMILES string of the molecule is C=C(CCCCCCCC)CCCCCCCCCCCCCC(=C)CCCCCCCC. The largest absolute Gasteiger partial charge is 0.0999 e. The van der Waals surface area contributed by atoms with Gasteiger partial charge in [-0.15, -0.1) is 0 Å². The molecule has 0 spiro atoms. The third-order valence-electron chi connectivity index (χ3n) is 7.33. The van der Waals surface area contributed by atoms with Gasteiger partial charge in [0.1, 0.15) is 0 Å². The first kappa shape index (κ1) is 32.5. The van der Waals surface area contributed by atoms with Gasteiger partial charge >= 0.3 is 0 Å². The van der Waals surface area contributed by atoms with Crippen molar-refractivity contribution in [3.63, 3.8) is 0 Å². The van der Waals surface area contributed by atoms with Crippen LogP contribution in [0.3, 0.4) is 0 Å². The van der Waals surface area contributed by atoms with Crippen LogP contribution in [0.1, 0.15) is 187 Å². The Morgan fingerprint density at radius 2 is 0.485 bits per heavy atom. The van der Waals surface area contributed by atoms with Crippen molar-refractivity contribution in [3.05, 3.63) is 24.3 Å². The number of rotatable bonds is 28. The van der Waals surface area contributed by atoms with Crippen molar-refractivity contribution in [2.45, 2.75) is 187 Å². The Morgan fingerprint density at radius 3 is 0.697 bits per heavy atom. The summed E-state index contributed by atoms with van der Waals surface area (Å²) in [6.07, 6.45) is 37.6. The van der Waals surface area contributed by atoms with E-state index in [0.29, 0.717) is 0 Å². The molecular formula is C33H64. The summed E-state index contributed by atoms with van der Waals surface area (Å²) in [6, 6.07) is 0. The van der Waals surface area contributed by atoms with Gasteiger partial charge in [0.25, 0.3) is 0 Å². The van der Waals surface area contributed by atoms with Crippen molar-refractivity contribution in [1.82, 2.24) is 0 Å². The van der Waals surface area contributed by atoms with Gasteiger partial charge < -0.3 is 0 Å². The highest BCUT2D eigenvalue weighted by molar-refractivity contribution is 4.94. The first-order chi connectivity index (χ1) is 16.2. The molecule has 0 aromatic rings. The van der Waals surface area contributed by atoms with Crippen LogP contribution in [0.15, 0.2) is 24.3 Å². The van der Waals surface area contributed by atoms with Crippen molar-refractivity contribution in [3.8, 4) is 0 Å². The second kappa shape index (κ2) is 27.7. The minimum atomic E-state index is 1.28. The molecular weight excluding hydrogens is 396 g/mol. The number of unbranched alkanes of at least 4 members (excludes halogenated alkanes) is 20. The molecule has 0 saturated carbocycles. The fourth-order valence-electron chi connectivity index (χ4n) is 4.90. The summed E-state index contributed by atoms with van der Waals surface area (Å²) in [4.78, 5) is 0. The van der Waals surface area contributed by atoms with E-state index in [4.69, 9.17) is 0 Å². The lowest BCUT2D eigenvalue weighted by Gasteiger charge is -2.07. The summed E-state index contributed by atoms with van der Waals surface area (Å²) in [6.45, 7) is 13.2. The molecule has 0 aromatic heterocycles. The van der Waals surface area contributed by atoms with Crippen molar-refractivity contribution in [2.75, 3.05) is 0 Å². The Bertz CT molecular complexity index is 366. The molecule has 0 bridgehead atoms. The lowest BCUT2D eigenvalue weighted by atomic mass is 10.00. The van der Waals surface area contributed by atoms with Crippen molar-refractivity contribution < 1.29 is 0 Å². The molecule has 0 heterocycles. The Morgan fingerprint density at radius 1 is 0.303 bits per heavy atom. The van der Waals surface area contributed by atoms with E-state index in [1.807, 2.05) is 0 Å². The second-order valence-corrected chi connectivity index (χ2v) is 10.9. The minimum Gasteiger partial charge on any atom is -0.0999 e. The number of hydrogen-bond acceptors (Lipinski definition) is 0. The lowest BCUT2D eigenvalue weighted by molar-refractivity contribution is 0.541. The van der Waals surface area contributed by atoms with Gasteiger partial charge in [-0.25, -0.2) is 0 Å². The van der Waals surface area contributed by atoms with E-state index in [1.165, 1.54) is 185 Å². The van der Waals surface area contributed by atoms with E-state index in [-0.39, 0.29) is 0 Å². The molecule has 0 aromatic carbocycles. The molecule has 0 rings (SSSR count). The van der Waals surface area contributed by atoms with E-state index < -0.39 is 0 Å². The van der Waals surface area contributed by atoms with Crippen LogP contribution < -0.4 is 0 Å². The summed E-state index contributed by atoms with van der Waals surface area (Å²) >= 11 is 0. The van der Waals surface area contributed by atoms with Gasteiger partial charge in [0.2, 0.25) is 0 Å². The number of hydrogen-bond donors (Lipinski definition) is 0. The molecule has 0 heteroatoms. The highest BCUT2D eigenvalue weighted by Gasteiger charge is 1.99. The number of allylic oxidation sites excluding steroid dienone is 2. The molecule has 0 aliphatic carbocycles. The van der Waals surface area contributed by atoms with Gasteiger partial charge in [0, 0.05) is 0 Å². The zero-order valence-corrected chi connectivity index (χ0v) is 23.5. The van der Waals surface area contributed by atoms with Crippen molar-refractivity contribution in [2.24, 2.45) is 0 Å². The summed E-state index contributed by atoms with van der Waals surface area (Å²) in [5.41, 5.74) is 3.02. The van der Waals surface area contributed by atoms with Gasteiger partial charge in [-0.05, 0) is 51.4 Å². The zero-order valence-electron chi connectivity index (χ0n) is 23.5. The zero-order chi connectivity index (χ0) is 24.2. The van der Waals surface area contributed by atoms with Crippen LogP contribution in [0.2, 0.25) is 0 Å². The maximum absolute atomic E-state index is 4.31. The van der Waals surface area contributed by atoms with E-state index in [2.05, 4.69) is 27.0 Å². The molecule has 196 valence electrons. The van der Waals surface area contributed by atoms with E-state index in [0.717, 1.165) is 0 Å². The second-order valence-electron chi connectivity index (χ2n) is 10.9. The molecule has 0 fully saturated rings. The molecule has 0 atom stereocenters. The van der Waals surface area contributed by atoms with Gasteiger partial charge in [0.05, 0.1) is 0 Å². The third-order valence-corrected chi connectivity index (χ3v) is 7.33. The highest BCUT2D eigenvalue weighted by Crippen LogP contribution is 2.19. The highest BCUT2D eigenvalue weighted by atomic mass is 14.1. The van der Waals surface area contributed by atoms with Gasteiger partial charge in [-0.1, -0.05) is 160 Å². The predicted octanol–water partition coefficient (Wildman–Crippen LogP) is 12.7. The normalized spacial score (nSPS) is 11.2. The van der Waals surface area contributed by atoms with Crippen LogP contribution in [0, 0.1) is 0 Å². The molecule has 0 unspecified atom stereocenters. The third kappa shape index (κ3) is 27.6. The smallest absolute Gasteiger partial charge is 0.0323 e. The van der Waals surface area contributed by atoms with Crippen LogP contribution in [0.4, 0.5) is 0 Å². The van der Waals surface area contributed by atoms with Crippen LogP contribution in [-0.2, 0) is 0 Å². The van der Waals surface area contributed by atoms with E-state index in [9.17, 15) is 0 Å². The maximum Gasteiger partial charge on any atom is -0.0323 e. The quantitative estimate of drug-likeness (QED) is 0.0804. The van der Waals surface area contributed by atoms with E-state index in [1.54, 1.807) is 0 Å². The topological polar surface area (TPSA) is 0 Å². The predicted molar refractivity (Wildman–Crippen MR) is 154 cm³/mol. The van der Waals surface area contributed by atoms with Gasteiger partial charge in [-0.2, -0.15) is 0 Å². The van der Waals surface area contributed by atoms with Gasteiger partial charge in [-0.3, -0.25) is 0 Å². The molecule has 0 nitrogen and oxygen atoms in total. The Hall–Kier alpha value is -0.520. The summed E-state index contributed by atoms with van der Waals surface area (Å²) in [5, 5.41) is 0. The average molecular weight is 461 g/mol. The summed E-state index contributed by atoms with van der Waals surface area (Å²) < 4.78 is 0. The lowest BCUT2D eigenvalue weighted by Crippen LogP contribution is -1.87. The molecule has 0 amide bonds. The average Bonchev–Trinajstić information content (AvgIpc) is 2.81. The molecule has 0 aliphatic heterocycles.